The summed E-state index contributed by atoms with van der Waals surface area (Å²) in [6, 6.07) is 11.5. The van der Waals surface area contributed by atoms with Crippen molar-refractivity contribution in [1.82, 2.24) is 24.6 Å². The molecule has 0 N–H and O–H groups in total. The lowest BCUT2D eigenvalue weighted by atomic mass is 10.1. The number of carbonyl (C=O) groups is 1. The third kappa shape index (κ3) is 3.72. The van der Waals surface area contributed by atoms with Crippen LogP contribution < -0.4 is 9.80 Å². The van der Waals surface area contributed by atoms with E-state index < -0.39 is 0 Å². The summed E-state index contributed by atoms with van der Waals surface area (Å²) < 4.78 is 1.77. The first-order chi connectivity index (χ1) is 14.8. The van der Waals surface area contributed by atoms with Crippen molar-refractivity contribution >= 4 is 17.7 Å². The second-order valence-corrected chi connectivity index (χ2v) is 7.69. The largest absolute Gasteiger partial charge is 0.353 e. The van der Waals surface area contributed by atoms with Crippen molar-refractivity contribution in [3.8, 4) is 5.69 Å². The summed E-state index contributed by atoms with van der Waals surface area (Å²) in [6.07, 6.45) is 7.86. The Balaban J connectivity index is 1.24. The Kier molecular flexibility index (Phi) is 5.04. The highest BCUT2D eigenvalue weighted by Gasteiger charge is 2.24. The molecule has 0 bridgehead atoms. The second kappa shape index (κ2) is 8.14. The van der Waals surface area contributed by atoms with Gasteiger partial charge in [0, 0.05) is 63.4 Å². The summed E-state index contributed by atoms with van der Waals surface area (Å²) in [5, 5.41) is 4.25. The van der Waals surface area contributed by atoms with Gasteiger partial charge in [0.25, 0.3) is 5.91 Å². The smallest absolute Gasteiger partial charge is 0.254 e. The summed E-state index contributed by atoms with van der Waals surface area (Å²) in [7, 11) is 0. The molecule has 0 aliphatic carbocycles. The lowest BCUT2D eigenvalue weighted by Crippen LogP contribution is -2.49. The predicted molar refractivity (Wildman–Crippen MR) is 115 cm³/mol. The molecule has 0 unspecified atom stereocenters. The van der Waals surface area contributed by atoms with E-state index in [0.29, 0.717) is 18.7 Å². The fraction of sp³-hybridized carbons (Fsp3) is 0.364. The van der Waals surface area contributed by atoms with Gasteiger partial charge in [-0.3, -0.25) is 4.79 Å². The molecule has 2 saturated heterocycles. The van der Waals surface area contributed by atoms with Gasteiger partial charge in [0.2, 0.25) is 5.95 Å². The highest BCUT2D eigenvalue weighted by Crippen LogP contribution is 2.21. The van der Waals surface area contributed by atoms with Crippen molar-refractivity contribution in [2.45, 2.75) is 12.8 Å². The molecular weight excluding hydrogens is 378 g/mol. The molecule has 0 spiro atoms. The van der Waals surface area contributed by atoms with Gasteiger partial charge in [-0.2, -0.15) is 10.1 Å². The maximum absolute atomic E-state index is 13.0. The van der Waals surface area contributed by atoms with Crippen LogP contribution in [0.1, 0.15) is 23.2 Å². The van der Waals surface area contributed by atoms with Crippen LogP contribution in [0.25, 0.3) is 5.69 Å². The van der Waals surface area contributed by atoms with Crippen LogP contribution >= 0.6 is 0 Å². The SMILES string of the molecule is O=C(c1cccc(-n2cccn2)c1)N1CCN(c2ccnc(N3CCCC3)n2)CC1. The van der Waals surface area contributed by atoms with Gasteiger partial charge < -0.3 is 14.7 Å². The number of amides is 1. The van der Waals surface area contributed by atoms with Gasteiger partial charge in [0.05, 0.1) is 5.69 Å². The van der Waals surface area contributed by atoms with Crippen molar-refractivity contribution in [3.05, 3.63) is 60.6 Å². The zero-order valence-corrected chi connectivity index (χ0v) is 16.9. The Morgan fingerprint density at radius 3 is 2.47 bits per heavy atom. The first-order valence-corrected chi connectivity index (χ1v) is 10.5. The standard InChI is InChI=1S/C22H25N7O/c30-21(18-5-3-6-19(17-18)29-12-4-8-24-29)27-15-13-26(14-16-27)20-7-9-23-22(25-20)28-10-1-2-11-28/h3-9,12,17H,1-2,10-11,13-16H2. The maximum atomic E-state index is 13.0. The van der Waals surface area contributed by atoms with E-state index in [1.165, 1.54) is 12.8 Å². The molecule has 8 heteroatoms. The molecule has 30 heavy (non-hydrogen) atoms. The topological polar surface area (TPSA) is 70.4 Å². The van der Waals surface area contributed by atoms with Crippen LogP contribution in [0.5, 0.6) is 0 Å². The van der Waals surface area contributed by atoms with Crippen LogP contribution in [0.3, 0.4) is 0 Å². The van der Waals surface area contributed by atoms with E-state index in [9.17, 15) is 4.79 Å². The Labute approximate surface area is 175 Å². The molecule has 0 radical (unpaired) electrons. The lowest BCUT2D eigenvalue weighted by molar-refractivity contribution is 0.0746. The molecule has 1 aromatic carbocycles. The van der Waals surface area contributed by atoms with Gasteiger partial charge in [-0.15, -0.1) is 0 Å². The number of anilines is 2. The summed E-state index contributed by atoms with van der Waals surface area (Å²) in [5.41, 5.74) is 1.58. The van der Waals surface area contributed by atoms with E-state index in [2.05, 4.69) is 19.9 Å². The minimum Gasteiger partial charge on any atom is -0.353 e. The maximum Gasteiger partial charge on any atom is 0.254 e. The molecule has 5 rings (SSSR count). The Hall–Kier alpha value is -3.42. The van der Waals surface area contributed by atoms with Crippen LogP contribution in [0, 0.1) is 0 Å². The van der Waals surface area contributed by atoms with Crippen LogP contribution in [-0.4, -0.2) is 69.8 Å². The third-order valence-corrected chi connectivity index (χ3v) is 5.77. The summed E-state index contributed by atoms with van der Waals surface area (Å²) >= 11 is 0. The van der Waals surface area contributed by atoms with Gasteiger partial charge in [0.15, 0.2) is 0 Å². The highest BCUT2D eigenvalue weighted by atomic mass is 16.2. The Morgan fingerprint density at radius 2 is 1.70 bits per heavy atom. The van der Waals surface area contributed by atoms with Crippen molar-refractivity contribution in [2.75, 3.05) is 49.1 Å². The van der Waals surface area contributed by atoms with E-state index in [0.717, 1.165) is 43.6 Å². The summed E-state index contributed by atoms with van der Waals surface area (Å²) in [4.78, 5) is 28.7. The van der Waals surface area contributed by atoms with Gasteiger partial charge in [-0.25, -0.2) is 9.67 Å². The quantitative estimate of drug-likeness (QED) is 0.665. The first-order valence-electron chi connectivity index (χ1n) is 10.5. The average Bonchev–Trinajstić information content (AvgIpc) is 3.54. The average molecular weight is 403 g/mol. The molecule has 8 nitrogen and oxygen atoms in total. The molecule has 2 aliphatic rings. The molecule has 1 amide bonds. The van der Waals surface area contributed by atoms with E-state index >= 15 is 0 Å². The van der Waals surface area contributed by atoms with Crippen LogP contribution in [0.4, 0.5) is 11.8 Å². The van der Waals surface area contributed by atoms with Gasteiger partial charge in [-0.1, -0.05) is 6.07 Å². The van der Waals surface area contributed by atoms with Crippen molar-refractivity contribution in [2.24, 2.45) is 0 Å². The van der Waals surface area contributed by atoms with E-state index in [1.54, 1.807) is 10.9 Å². The van der Waals surface area contributed by atoms with E-state index in [-0.39, 0.29) is 5.91 Å². The van der Waals surface area contributed by atoms with Crippen molar-refractivity contribution < 1.29 is 4.79 Å². The van der Waals surface area contributed by atoms with Crippen LogP contribution in [0.2, 0.25) is 0 Å². The molecule has 0 saturated carbocycles. The molecular formula is C22H25N7O. The van der Waals surface area contributed by atoms with Gasteiger partial charge in [-0.05, 0) is 43.2 Å². The number of hydrogen-bond acceptors (Lipinski definition) is 6. The summed E-state index contributed by atoms with van der Waals surface area (Å²) in [5.74, 6) is 1.82. The first kappa shape index (κ1) is 18.6. The zero-order chi connectivity index (χ0) is 20.3. The van der Waals surface area contributed by atoms with Crippen LogP contribution in [0.15, 0.2) is 55.0 Å². The number of aromatic nitrogens is 4. The van der Waals surface area contributed by atoms with Crippen molar-refractivity contribution in [1.29, 1.82) is 0 Å². The van der Waals surface area contributed by atoms with E-state index in [4.69, 9.17) is 4.98 Å². The molecule has 2 aliphatic heterocycles. The molecule has 0 atom stereocenters. The number of piperazine rings is 1. The number of hydrogen-bond donors (Lipinski definition) is 0. The molecule has 4 heterocycles. The third-order valence-electron chi connectivity index (χ3n) is 5.77. The monoisotopic (exact) mass is 403 g/mol. The number of benzene rings is 1. The van der Waals surface area contributed by atoms with Crippen LogP contribution in [-0.2, 0) is 0 Å². The van der Waals surface area contributed by atoms with Gasteiger partial charge in [0.1, 0.15) is 5.82 Å². The minimum absolute atomic E-state index is 0.0594. The van der Waals surface area contributed by atoms with E-state index in [1.807, 2.05) is 53.7 Å². The Bertz CT molecular complexity index is 1010. The van der Waals surface area contributed by atoms with Crippen molar-refractivity contribution in [3.63, 3.8) is 0 Å². The predicted octanol–water partition coefficient (Wildman–Crippen LogP) is 2.22. The molecule has 2 fully saturated rings. The van der Waals surface area contributed by atoms with Gasteiger partial charge >= 0.3 is 0 Å². The fourth-order valence-electron chi connectivity index (χ4n) is 4.11. The molecule has 154 valence electrons. The molecule has 3 aromatic rings. The number of nitrogens with zero attached hydrogens (tertiary/aromatic N) is 7. The second-order valence-electron chi connectivity index (χ2n) is 7.69. The highest BCUT2D eigenvalue weighted by molar-refractivity contribution is 5.95. The Morgan fingerprint density at radius 1 is 0.867 bits per heavy atom. The lowest BCUT2D eigenvalue weighted by Gasteiger charge is -2.35. The normalized spacial score (nSPS) is 16.9. The minimum atomic E-state index is 0.0594. The summed E-state index contributed by atoms with van der Waals surface area (Å²) in [6.45, 7) is 4.94. The fourth-order valence-corrected chi connectivity index (χ4v) is 4.11. The number of rotatable bonds is 4. The number of carbonyl (C=O) groups excluding carboxylic acids is 1. The molecule has 2 aromatic heterocycles. The zero-order valence-electron chi connectivity index (χ0n) is 16.9.